The van der Waals surface area contributed by atoms with Crippen LogP contribution in [0.25, 0.3) is 0 Å². The van der Waals surface area contributed by atoms with Crippen molar-refractivity contribution < 1.29 is 4.74 Å². The molecule has 1 aliphatic heterocycles. The van der Waals surface area contributed by atoms with Crippen molar-refractivity contribution in [3.63, 3.8) is 0 Å². The number of anilines is 1. The summed E-state index contributed by atoms with van der Waals surface area (Å²) in [6, 6.07) is 10.8. The number of ether oxygens (including phenoxy) is 1. The molecule has 3 heteroatoms. The zero-order valence-corrected chi connectivity index (χ0v) is 13.5. The van der Waals surface area contributed by atoms with E-state index in [1.807, 2.05) is 12.1 Å². The van der Waals surface area contributed by atoms with Gasteiger partial charge in [0.05, 0.1) is 11.7 Å². The lowest BCUT2D eigenvalue weighted by molar-refractivity contribution is 0.286. The summed E-state index contributed by atoms with van der Waals surface area (Å²) >= 11 is 3.51. The first kappa shape index (κ1) is 13.5. The number of halogens is 1. The van der Waals surface area contributed by atoms with Crippen molar-refractivity contribution in [3.05, 3.63) is 57.1 Å². The van der Waals surface area contributed by atoms with Crippen LogP contribution in [0.2, 0.25) is 0 Å². The molecule has 2 nitrogen and oxygen atoms in total. The summed E-state index contributed by atoms with van der Waals surface area (Å²) in [6.45, 7) is 7.15. The standard InChI is InChI=1S/C17H18BrNO/c1-10-6-12(3)14(7-11(10)2)16-9-20-17-5-4-13(18)8-15(17)19-16/h4-8,16,19H,9H2,1-3H3. The molecule has 0 saturated heterocycles. The van der Waals surface area contributed by atoms with Crippen LogP contribution in [-0.2, 0) is 0 Å². The molecule has 1 aliphatic rings. The van der Waals surface area contributed by atoms with Gasteiger partial charge in [-0.05, 0) is 61.2 Å². The third-order valence-electron chi connectivity index (χ3n) is 3.93. The molecular weight excluding hydrogens is 314 g/mol. The van der Waals surface area contributed by atoms with Gasteiger partial charge in [0, 0.05) is 4.47 Å². The highest BCUT2D eigenvalue weighted by atomic mass is 79.9. The summed E-state index contributed by atoms with van der Waals surface area (Å²) in [4.78, 5) is 0. The smallest absolute Gasteiger partial charge is 0.142 e. The highest BCUT2D eigenvalue weighted by molar-refractivity contribution is 9.10. The molecule has 1 heterocycles. The molecule has 0 radical (unpaired) electrons. The van der Waals surface area contributed by atoms with E-state index in [0.717, 1.165) is 15.9 Å². The Balaban J connectivity index is 1.96. The van der Waals surface area contributed by atoms with E-state index in [9.17, 15) is 0 Å². The third kappa shape index (κ3) is 2.42. The van der Waals surface area contributed by atoms with E-state index < -0.39 is 0 Å². The predicted octanol–water partition coefficient (Wildman–Crippen LogP) is 4.92. The summed E-state index contributed by atoms with van der Waals surface area (Å²) < 4.78 is 6.95. The van der Waals surface area contributed by atoms with E-state index in [2.05, 4.69) is 60.2 Å². The van der Waals surface area contributed by atoms with Gasteiger partial charge in [-0.15, -0.1) is 0 Å². The zero-order valence-electron chi connectivity index (χ0n) is 12.0. The summed E-state index contributed by atoms with van der Waals surface area (Å²) in [5.41, 5.74) is 6.35. The van der Waals surface area contributed by atoms with Gasteiger partial charge < -0.3 is 10.1 Å². The van der Waals surface area contributed by atoms with Gasteiger partial charge in [0.25, 0.3) is 0 Å². The number of benzene rings is 2. The van der Waals surface area contributed by atoms with Crippen LogP contribution in [0.15, 0.2) is 34.8 Å². The lowest BCUT2D eigenvalue weighted by Crippen LogP contribution is -2.24. The van der Waals surface area contributed by atoms with Crippen LogP contribution in [0.1, 0.15) is 28.3 Å². The van der Waals surface area contributed by atoms with Crippen molar-refractivity contribution >= 4 is 21.6 Å². The minimum Gasteiger partial charge on any atom is -0.489 e. The van der Waals surface area contributed by atoms with Crippen LogP contribution < -0.4 is 10.1 Å². The highest BCUT2D eigenvalue weighted by Gasteiger charge is 2.22. The van der Waals surface area contributed by atoms with Crippen LogP contribution in [0, 0.1) is 20.8 Å². The molecule has 1 atom stereocenters. The Kier molecular flexibility index (Phi) is 3.47. The van der Waals surface area contributed by atoms with E-state index >= 15 is 0 Å². The summed E-state index contributed by atoms with van der Waals surface area (Å²) in [7, 11) is 0. The molecule has 0 spiro atoms. The Labute approximate surface area is 128 Å². The number of hydrogen-bond acceptors (Lipinski definition) is 2. The van der Waals surface area contributed by atoms with Crippen LogP contribution in [0.3, 0.4) is 0 Å². The van der Waals surface area contributed by atoms with Gasteiger partial charge in [-0.25, -0.2) is 0 Å². The van der Waals surface area contributed by atoms with Crippen LogP contribution >= 0.6 is 15.9 Å². The number of fused-ring (bicyclic) bond motifs is 1. The second-order valence-electron chi connectivity index (χ2n) is 5.44. The van der Waals surface area contributed by atoms with Gasteiger partial charge in [0.2, 0.25) is 0 Å². The Hall–Kier alpha value is -1.48. The second kappa shape index (κ2) is 5.13. The van der Waals surface area contributed by atoms with Crippen LogP contribution in [-0.4, -0.2) is 6.61 Å². The van der Waals surface area contributed by atoms with Gasteiger partial charge in [-0.2, -0.15) is 0 Å². The van der Waals surface area contributed by atoms with Crippen molar-refractivity contribution in [1.82, 2.24) is 0 Å². The molecule has 3 rings (SSSR count). The fraction of sp³-hybridized carbons (Fsp3) is 0.294. The lowest BCUT2D eigenvalue weighted by atomic mass is 9.95. The van der Waals surface area contributed by atoms with Gasteiger partial charge in [0.15, 0.2) is 0 Å². The first-order valence-corrected chi connectivity index (χ1v) is 7.60. The van der Waals surface area contributed by atoms with E-state index in [4.69, 9.17) is 4.74 Å². The third-order valence-corrected chi connectivity index (χ3v) is 4.43. The molecule has 0 fully saturated rings. The summed E-state index contributed by atoms with van der Waals surface area (Å²) in [6.07, 6.45) is 0. The molecule has 0 saturated carbocycles. The molecule has 1 unspecified atom stereocenters. The molecule has 0 amide bonds. The molecule has 2 aromatic rings. The quantitative estimate of drug-likeness (QED) is 0.800. The van der Waals surface area contributed by atoms with Crippen molar-refractivity contribution in [3.8, 4) is 5.75 Å². The maximum Gasteiger partial charge on any atom is 0.142 e. The zero-order chi connectivity index (χ0) is 14.3. The van der Waals surface area contributed by atoms with E-state index in [0.29, 0.717) is 6.61 Å². The second-order valence-corrected chi connectivity index (χ2v) is 6.36. The first-order chi connectivity index (χ1) is 9.54. The van der Waals surface area contributed by atoms with E-state index in [-0.39, 0.29) is 6.04 Å². The number of aryl methyl sites for hydroxylation is 3. The summed E-state index contributed by atoms with van der Waals surface area (Å²) in [5, 5.41) is 3.59. The van der Waals surface area contributed by atoms with Crippen molar-refractivity contribution in [2.45, 2.75) is 26.8 Å². The maximum absolute atomic E-state index is 5.89. The van der Waals surface area contributed by atoms with E-state index in [1.165, 1.54) is 22.3 Å². The SMILES string of the molecule is Cc1cc(C)c(C2COc3ccc(Br)cc3N2)cc1C. The Bertz CT molecular complexity index is 666. The Morgan fingerprint density at radius 2 is 1.80 bits per heavy atom. The molecule has 0 aromatic heterocycles. The van der Waals surface area contributed by atoms with Gasteiger partial charge >= 0.3 is 0 Å². The average Bonchev–Trinajstić information content (AvgIpc) is 2.42. The molecule has 2 aromatic carbocycles. The predicted molar refractivity (Wildman–Crippen MR) is 86.7 cm³/mol. The Morgan fingerprint density at radius 3 is 2.60 bits per heavy atom. The van der Waals surface area contributed by atoms with Crippen LogP contribution in [0.5, 0.6) is 5.75 Å². The number of nitrogens with one attached hydrogen (secondary N) is 1. The molecule has 20 heavy (non-hydrogen) atoms. The van der Waals surface area contributed by atoms with Crippen LogP contribution in [0.4, 0.5) is 5.69 Å². The van der Waals surface area contributed by atoms with Gasteiger partial charge in [0.1, 0.15) is 12.4 Å². The molecular formula is C17H18BrNO. The van der Waals surface area contributed by atoms with Crippen molar-refractivity contribution in [1.29, 1.82) is 0 Å². The molecule has 0 bridgehead atoms. The van der Waals surface area contributed by atoms with E-state index in [1.54, 1.807) is 0 Å². The number of hydrogen-bond donors (Lipinski definition) is 1. The summed E-state index contributed by atoms with van der Waals surface area (Å²) in [5.74, 6) is 0.922. The molecule has 104 valence electrons. The van der Waals surface area contributed by atoms with Crippen molar-refractivity contribution in [2.75, 3.05) is 11.9 Å². The Morgan fingerprint density at radius 1 is 1.05 bits per heavy atom. The fourth-order valence-corrected chi connectivity index (χ4v) is 3.03. The minimum absolute atomic E-state index is 0.205. The first-order valence-electron chi connectivity index (χ1n) is 6.81. The number of rotatable bonds is 1. The molecule has 1 N–H and O–H groups in total. The van der Waals surface area contributed by atoms with Crippen molar-refractivity contribution in [2.24, 2.45) is 0 Å². The highest BCUT2D eigenvalue weighted by Crippen LogP contribution is 2.36. The largest absolute Gasteiger partial charge is 0.489 e. The van der Waals surface area contributed by atoms with Gasteiger partial charge in [-0.3, -0.25) is 0 Å². The minimum atomic E-state index is 0.205. The molecule has 0 aliphatic carbocycles. The topological polar surface area (TPSA) is 21.3 Å². The normalized spacial score (nSPS) is 17.1. The monoisotopic (exact) mass is 331 g/mol. The maximum atomic E-state index is 5.89. The lowest BCUT2D eigenvalue weighted by Gasteiger charge is -2.29. The van der Waals surface area contributed by atoms with Gasteiger partial charge in [-0.1, -0.05) is 28.1 Å². The fourth-order valence-electron chi connectivity index (χ4n) is 2.67. The average molecular weight is 332 g/mol.